The Morgan fingerprint density at radius 1 is 1.16 bits per heavy atom. The second-order valence-electron chi connectivity index (χ2n) is 7.16. The number of rotatable bonds is 5. The first-order chi connectivity index (χ1) is 14.9. The van der Waals surface area contributed by atoms with Gasteiger partial charge in [-0.1, -0.05) is 0 Å². The number of benzene rings is 2. The second-order valence-corrected chi connectivity index (χ2v) is 9.73. The van der Waals surface area contributed by atoms with E-state index in [1.54, 1.807) is 39.2 Å². The number of anilines is 2. The zero-order chi connectivity index (χ0) is 21.6. The van der Waals surface area contributed by atoms with Crippen molar-refractivity contribution in [2.45, 2.75) is 17.4 Å². The molecular formula is C21H21FN4O3S2. The molecule has 2 aromatic carbocycles. The first kappa shape index (κ1) is 19.7. The zero-order valence-corrected chi connectivity index (χ0v) is 17.7. The third-order valence-corrected chi connectivity index (χ3v) is 7.48. The van der Waals surface area contributed by atoms with Gasteiger partial charge in [-0.15, -0.1) is 11.3 Å². The molecule has 0 aliphatic carbocycles. The molecule has 1 N–H and O–H groups in total. The molecule has 7 nitrogen and oxygen atoms in total. The summed E-state index contributed by atoms with van der Waals surface area (Å²) in [4.78, 5) is 18.7. The number of fused-ring (bicyclic) bond motifs is 1. The van der Waals surface area contributed by atoms with Gasteiger partial charge in [0.2, 0.25) is 5.91 Å². The fourth-order valence-electron chi connectivity index (χ4n) is 3.83. The molecule has 1 aliphatic heterocycles. The van der Waals surface area contributed by atoms with Crippen LogP contribution in [0.2, 0.25) is 0 Å². The van der Waals surface area contributed by atoms with Crippen LogP contribution in [0.4, 0.5) is 15.2 Å². The minimum Gasteiger partial charge on any atom is -0.335 e. The largest absolute Gasteiger partial charge is 0.335 e. The molecule has 4 aromatic rings. The van der Waals surface area contributed by atoms with E-state index in [9.17, 15) is 17.6 Å². The average Bonchev–Trinajstić information content (AvgIpc) is 3.48. The molecule has 1 aliphatic rings. The van der Waals surface area contributed by atoms with Crippen LogP contribution >= 0.6 is 11.3 Å². The number of thiazole rings is 1. The summed E-state index contributed by atoms with van der Waals surface area (Å²) in [5.74, 6) is -0.462. The summed E-state index contributed by atoms with van der Waals surface area (Å²) < 4.78 is 42.9. The predicted molar refractivity (Wildman–Crippen MR) is 121 cm³/mol. The minimum atomic E-state index is -3.76. The van der Waals surface area contributed by atoms with Gasteiger partial charge in [0.15, 0.2) is 5.13 Å². The number of carbonyl (C=O) groups excluding carboxylic acids is 1. The smallest absolute Gasteiger partial charge is 0.263 e. The summed E-state index contributed by atoms with van der Waals surface area (Å²) in [7, 11) is -3.76. The normalized spacial score (nSPS) is 16.9. The second kappa shape index (κ2) is 7.47. The molecule has 0 saturated carbocycles. The van der Waals surface area contributed by atoms with Crippen molar-refractivity contribution in [2.24, 2.45) is 0 Å². The first-order valence-electron chi connectivity index (χ1n) is 9.52. The van der Waals surface area contributed by atoms with E-state index >= 15 is 0 Å². The van der Waals surface area contributed by atoms with Crippen LogP contribution in [0.15, 0.2) is 71.2 Å². The molecule has 0 radical (unpaired) electrons. The highest BCUT2D eigenvalue weighted by atomic mass is 32.2. The SMILES string of the molecule is O=C1[C@@H](n2ccc3ccc(F)cc32)CCN1c1ccc(S(=O)(=O)Nc2nccs2)cc1.[HH].[HH]. The Morgan fingerprint density at radius 2 is 1.97 bits per heavy atom. The van der Waals surface area contributed by atoms with Crippen molar-refractivity contribution in [3.05, 3.63) is 72.1 Å². The summed E-state index contributed by atoms with van der Waals surface area (Å²) in [6.07, 6.45) is 3.89. The standard InChI is InChI=1S/C21H17FN4O3S2.2H2/c22-15-2-1-14-7-10-26(19(14)13-15)18-8-11-25(20(18)27)16-3-5-17(6-4-16)31(28,29)24-21-23-9-12-30-21;;/h1-7,9-10,12-13,18H,8,11H2,(H,23,24);2*1H/t18-;;/m0../s1. The minimum absolute atomic E-state index is 0. The molecule has 5 rings (SSSR count). The molecule has 1 amide bonds. The summed E-state index contributed by atoms with van der Waals surface area (Å²) in [6.45, 7) is 0.488. The molecule has 1 saturated heterocycles. The molecule has 3 heterocycles. The van der Waals surface area contributed by atoms with E-state index in [2.05, 4.69) is 9.71 Å². The van der Waals surface area contributed by atoms with Crippen molar-refractivity contribution in [1.82, 2.24) is 9.55 Å². The summed E-state index contributed by atoms with van der Waals surface area (Å²) in [6, 6.07) is 12.1. The fraction of sp³-hybridized carbons (Fsp3) is 0.143. The molecule has 2 aromatic heterocycles. The number of halogens is 1. The molecule has 0 unspecified atom stereocenters. The van der Waals surface area contributed by atoms with Crippen LogP contribution in [0.1, 0.15) is 15.3 Å². The van der Waals surface area contributed by atoms with Crippen molar-refractivity contribution < 1.29 is 20.5 Å². The van der Waals surface area contributed by atoms with Crippen LogP contribution in [0.25, 0.3) is 10.9 Å². The number of aromatic nitrogens is 2. The van der Waals surface area contributed by atoms with Gasteiger partial charge in [-0.25, -0.2) is 17.8 Å². The number of hydrogen-bond acceptors (Lipinski definition) is 5. The Labute approximate surface area is 184 Å². The molecule has 1 atom stereocenters. The molecule has 1 fully saturated rings. The Bertz CT molecular complexity index is 1380. The lowest BCUT2D eigenvalue weighted by Crippen LogP contribution is -2.28. The van der Waals surface area contributed by atoms with E-state index < -0.39 is 16.1 Å². The van der Waals surface area contributed by atoms with E-state index in [0.717, 1.165) is 5.39 Å². The summed E-state index contributed by atoms with van der Waals surface area (Å²) in [5, 5.41) is 2.84. The van der Waals surface area contributed by atoms with Gasteiger partial charge in [-0.05, 0) is 60.3 Å². The molecule has 0 spiro atoms. The van der Waals surface area contributed by atoms with Crippen molar-refractivity contribution in [2.75, 3.05) is 16.2 Å². The summed E-state index contributed by atoms with van der Waals surface area (Å²) in [5.41, 5.74) is 1.29. The average molecular weight is 461 g/mol. The lowest BCUT2D eigenvalue weighted by molar-refractivity contribution is -0.119. The van der Waals surface area contributed by atoms with Gasteiger partial charge >= 0.3 is 0 Å². The molecule has 10 heteroatoms. The van der Waals surface area contributed by atoms with E-state index in [-0.39, 0.29) is 24.6 Å². The van der Waals surface area contributed by atoms with Gasteiger partial charge in [-0.2, -0.15) is 0 Å². The van der Waals surface area contributed by atoms with Gasteiger partial charge in [-0.3, -0.25) is 9.52 Å². The van der Waals surface area contributed by atoms with E-state index in [1.165, 1.54) is 41.8 Å². The van der Waals surface area contributed by atoms with E-state index in [1.807, 2.05) is 6.07 Å². The lowest BCUT2D eigenvalue weighted by atomic mass is 10.2. The lowest BCUT2D eigenvalue weighted by Gasteiger charge is -2.18. The third kappa shape index (κ3) is 3.57. The van der Waals surface area contributed by atoms with Crippen LogP contribution < -0.4 is 9.62 Å². The van der Waals surface area contributed by atoms with Crippen LogP contribution in [-0.4, -0.2) is 30.4 Å². The molecule has 162 valence electrons. The Kier molecular flexibility index (Phi) is 4.75. The van der Waals surface area contributed by atoms with E-state index in [0.29, 0.717) is 24.2 Å². The maximum Gasteiger partial charge on any atom is 0.263 e. The number of nitrogens with one attached hydrogen (secondary N) is 1. The molecule has 31 heavy (non-hydrogen) atoms. The highest BCUT2D eigenvalue weighted by molar-refractivity contribution is 7.93. The Balaban J connectivity index is 0.00000153. The monoisotopic (exact) mass is 460 g/mol. The number of hydrogen-bond donors (Lipinski definition) is 1. The van der Waals surface area contributed by atoms with Gasteiger partial charge in [0.05, 0.1) is 10.4 Å². The molecular weight excluding hydrogens is 439 g/mol. The van der Waals surface area contributed by atoms with Gasteiger partial charge < -0.3 is 9.47 Å². The maximum absolute atomic E-state index is 13.7. The summed E-state index contributed by atoms with van der Waals surface area (Å²) >= 11 is 1.19. The number of amides is 1. The Morgan fingerprint density at radius 3 is 2.71 bits per heavy atom. The number of carbonyl (C=O) groups is 1. The third-order valence-electron chi connectivity index (χ3n) is 5.31. The number of nitrogens with zero attached hydrogens (tertiary/aromatic N) is 3. The highest BCUT2D eigenvalue weighted by Crippen LogP contribution is 2.32. The Hall–Kier alpha value is -3.24. The topological polar surface area (TPSA) is 84.3 Å². The molecule has 0 bridgehead atoms. The van der Waals surface area contributed by atoms with Crippen molar-refractivity contribution in [1.29, 1.82) is 0 Å². The zero-order valence-electron chi connectivity index (χ0n) is 16.1. The van der Waals surface area contributed by atoms with E-state index in [4.69, 9.17) is 0 Å². The van der Waals surface area contributed by atoms with Crippen LogP contribution in [0.3, 0.4) is 0 Å². The van der Waals surface area contributed by atoms with Crippen LogP contribution in [0, 0.1) is 5.82 Å². The van der Waals surface area contributed by atoms with Gasteiger partial charge in [0.25, 0.3) is 10.0 Å². The van der Waals surface area contributed by atoms with Crippen molar-refractivity contribution >= 4 is 49.0 Å². The first-order valence-corrected chi connectivity index (χ1v) is 11.9. The van der Waals surface area contributed by atoms with Crippen molar-refractivity contribution in [3.63, 3.8) is 0 Å². The maximum atomic E-state index is 13.7. The highest BCUT2D eigenvalue weighted by Gasteiger charge is 2.34. The van der Waals surface area contributed by atoms with Gasteiger partial charge in [0.1, 0.15) is 11.9 Å². The quantitative estimate of drug-likeness (QED) is 0.475. The predicted octanol–water partition coefficient (Wildman–Crippen LogP) is 4.51. The van der Waals surface area contributed by atoms with Crippen LogP contribution in [-0.2, 0) is 14.8 Å². The fourth-order valence-corrected chi connectivity index (χ4v) is 5.62. The van der Waals surface area contributed by atoms with Gasteiger partial charge in [0, 0.05) is 32.9 Å². The van der Waals surface area contributed by atoms with Crippen LogP contribution in [0.5, 0.6) is 0 Å². The number of sulfonamides is 1. The van der Waals surface area contributed by atoms with Crippen molar-refractivity contribution in [3.8, 4) is 0 Å².